The van der Waals surface area contributed by atoms with E-state index in [0.29, 0.717) is 18.2 Å². The Morgan fingerprint density at radius 1 is 1.15 bits per heavy atom. The molecule has 0 aliphatic heterocycles. The lowest BCUT2D eigenvalue weighted by Crippen LogP contribution is -2.10. The number of nitrogen functional groups attached to an aromatic ring is 1. The summed E-state index contributed by atoms with van der Waals surface area (Å²) in [7, 11) is 0. The van der Waals surface area contributed by atoms with Crippen LogP contribution in [0, 0.1) is 3.57 Å². The summed E-state index contributed by atoms with van der Waals surface area (Å²) in [6.45, 7) is 0. The van der Waals surface area contributed by atoms with E-state index in [9.17, 15) is 0 Å². The molecular weight excluding hydrogens is 363 g/mol. The number of hydrogen-bond donors (Lipinski definition) is 1. The van der Waals surface area contributed by atoms with Crippen LogP contribution in [0.15, 0.2) is 24.5 Å². The lowest BCUT2D eigenvalue weighted by molar-refractivity contribution is 0.681. The second-order valence-electron chi connectivity index (χ2n) is 5.24. The van der Waals surface area contributed by atoms with Crippen LogP contribution in [0.1, 0.15) is 48.7 Å². The fraction of sp³-hybridized carbons (Fsp3) is 0.400. The Morgan fingerprint density at radius 2 is 1.85 bits per heavy atom. The molecule has 0 amide bonds. The van der Waals surface area contributed by atoms with Crippen molar-refractivity contribution in [3.05, 3.63) is 45.2 Å². The van der Waals surface area contributed by atoms with Gasteiger partial charge in [0, 0.05) is 24.7 Å². The Bertz CT molecular complexity index is 594. The molecule has 1 aliphatic carbocycles. The average Bonchev–Trinajstić information content (AvgIpc) is 2.98. The highest BCUT2D eigenvalue weighted by Crippen LogP contribution is 2.36. The maximum absolute atomic E-state index is 6.07. The minimum Gasteiger partial charge on any atom is -0.383 e. The van der Waals surface area contributed by atoms with Gasteiger partial charge in [0.1, 0.15) is 11.6 Å². The number of nitrogens with zero attached hydrogens (tertiary/aromatic N) is 3. The molecular formula is C15H17IN4. The van der Waals surface area contributed by atoms with Crippen LogP contribution in [-0.2, 0) is 6.42 Å². The van der Waals surface area contributed by atoms with Crippen molar-refractivity contribution in [1.82, 2.24) is 15.0 Å². The van der Waals surface area contributed by atoms with Crippen molar-refractivity contribution < 1.29 is 0 Å². The third kappa shape index (κ3) is 2.92. The maximum Gasteiger partial charge on any atom is 0.140 e. The normalized spacial score (nSPS) is 15.7. The van der Waals surface area contributed by atoms with E-state index in [1.54, 1.807) is 12.4 Å². The standard InChI is InChI=1S/C15H17IN4/c16-13-14(11-3-1-2-4-11)19-12(20-15(13)17)9-10-5-7-18-8-6-10/h5-8,11H,1-4,9H2,(H2,17,19,20). The molecule has 20 heavy (non-hydrogen) atoms. The molecule has 1 saturated carbocycles. The summed E-state index contributed by atoms with van der Waals surface area (Å²) in [5.41, 5.74) is 8.39. The molecule has 2 N–H and O–H groups in total. The first-order valence-corrected chi connectivity index (χ1v) is 8.02. The summed E-state index contributed by atoms with van der Waals surface area (Å²) in [6.07, 6.45) is 9.34. The summed E-state index contributed by atoms with van der Waals surface area (Å²) in [6, 6.07) is 3.99. The van der Waals surface area contributed by atoms with Gasteiger partial charge in [0.05, 0.1) is 9.26 Å². The van der Waals surface area contributed by atoms with Gasteiger partial charge < -0.3 is 5.73 Å². The number of aromatic nitrogens is 3. The van der Waals surface area contributed by atoms with Crippen molar-refractivity contribution in [1.29, 1.82) is 0 Å². The second kappa shape index (κ2) is 6.03. The molecule has 0 unspecified atom stereocenters. The summed E-state index contributed by atoms with van der Waals surface area (Å²) < 4.78 is 1.04. The zero-order valence-corrected chi connectivity index (χ0v) is 13.4. The molecule has 2 aromatic heterocycles. The minimum absolute atomic E-state index is 0.559. The highest BCUT2D eigenvalue weighted by Gasteiger charge is 2.23. The van der Waals surface area contributed by atoms with Gasteiger partial charge in [-0.2, -0.15) is 0 Å². The Hall–Kier alpha value is -1.24. The summed E-state index contributed by atoms with van der Waals surface area (Å²) in [4.78, 5) is 13.3. The SMILES string of the molecule is Nc1nc(Cc2ccncc2)nc(C2CCCC2)c1I. The molecule has 104 valence electrons. The first kappa shape index (κ1) is 13.7. The molecule has 5 heteroatoms. The largest absolute Gasteiger partial charge is 0.383 e. The number of hydrogen-bond acceptors (Lipinski definition) is 4. The quantitative estimate of drug-likeness (QED) is 0.830. The van der Waals surface area contributed by atoms with Crippen LogP contribution in [0.2, 0.25) is 0 Å². The average molecular weight is 380 g/mol. The zero-order valence-electron chi connectivity index (χ0n) is 11.2. The fourth-order valence-corrected chi connectivity index (χ4v) is 3.45. The number of pyridine rings is 1. The van der Waals surface area contributed by atoms with Crippen molar-refractivity contribution in [2.24, 2.45) is 0 Å². The Kier molecular flexibility index (Phi) is 4.14. The van der Waals surface area contributed by atoms with Gasteiger partial charge in [-0.15, -0.1) is 0 Å². The molecule has 0 bridgehead atoms. The van der Waals surface area contributed by atoms with Gasteiger partial charge in [-0.25, -0.2) is 9.97 Å². The smallest absolute Gasteiger partial charge is 0.140 e. The Balaban J connectivity index is 1.92. The summed E-state index contributed by atoms with van der Waals surface area (Å²) >= 11 is 2.28. The van der Waals surface area contributed by atoms with Crippen molar-refractivity contribution >= 4 is 28.4 Å². The molecule has 2 heterocycles. The lowest BCUT2D eigenvalue weighted by atomic mass is 10.0. The van der Waals surface area contributed by atoms with Gasteiger partial charge in [-0.1, -0.05) is 12.8 Å². The fourth-order valence-electron chi connectivity index (χ4n) is 2.76. The van der Waals surface area contributed by atoms with Gasteiger partial charge in [-0.3, -0.25) is 4.98 Å². The lowest BCUT2D eigenvalue weighted by Gasteiger charge is -2.14. The van der Waals surface area contributed by atoms with Gasteiger partial charge in [-0.05, 0) is 53.1 Å². The maximum atomic E-state index is 6.07. The van der Waals surface area contributed by atoms with E-state index in [0.717, 1.165) is 20.7 Å². The van der Waals surface area contributed by atoms with Crippen LogP contribution in [0.3, 0.4) is 0 Å². The first-order valence-electron chi connectivity index (χ1n) is 6.94. The molecule has 0 aromatic carbocycles. The summed E-state index contributed by atoms with van der Waals surface area (Å²) in [5, 5.41) is 0. The van der Waals surface area contributed by atoms with E-state index >= 15 is 0 Å². The highest BCUT2D eigenvalue weighted by molar-refractivity contribution is 14.1. The van der Waals surface area contributed by atoms with Crippen LogP contribution < -0.4 is 5.73 Å². The molecule has 0 spiro atoms. The second-order valence-corrected chi connectivity index (χ2v) is 6.32. The van der Waals surface area contributed by atoms with E-state index in [1.165, 1.54) is 25.7 Å². The number of halogens is 1. The highest BCUT2D eigenvalue weighted by atomic mass is 127. The van der Waals surface area contributed by atoms with Crippen LogP contribution in [0.4, 0.5) is 5.82 Å². The van der Waals surface area contributed by atoms with Gasteiger partial charge in [0.25, 0.3) is 0 Å². The number of rotatable bonds is 3. The third-order valence-electron chi connectivity index (χ3n) is 3.80. The molecule has 1 aliphatic rings. The molecule has 1 fully saturated rings. The predicted molar refractivity (Wildman–Crippen MR) is 87.4 cm³/mol. The van der Waals surface area contributed by atoms with Crippen LogP contribution in [0.5, 0.6) is 0 Å². The van der Waals surface area contributed by atoms with Gasteiger partial charge >= 0.3 is 0 Å². The molecule has 0 atom stereocenters. The van der Waals surface area contributed by atoms with Crippen molar-refractivity contribution in [3.8, 4) is 0 Å². The molecule has 3 rings (SSSR count). The van der Waals surface area contributed by atoms with E-state index in [-0.39, 0.29) is 0 Å². The van der Waals surface area contributed by atoms with Gasteiger partial charge in [0.15, 0.2) is 0 Å². The molecule has 0 saturated heterocycles. The predicted octanol–water partition coefficient (Wildman–Crippen LogP) is 3.31. The first-order chi connectivity index (χ1) is 9.74. The van der Waals surface area contributed by atoms with Crippen LogP contribution in [0.25, 0.3) is 0 Å². The van der Waals surface area contributed by atoms with E-state index < -0.39 is 0 Å². The number of anilines is 1. The van der Waals surface area contributed by atoms with Crippen LogP contribution in [-0.4, -0.2) is 15.0 Å². The van der Waals surface area contributed by atoms with Gasteiger partial charge in [0.2, 0.25) is 0 Å². The van der Waals surface area contributed by atoms with Crippen molar-refractivity contribution in [3.63, 3.8) is 0 Å². The topological polar surface area (TPSA) is 64.7 Å². The van der Waals surface area contributed by atoms with E-state index in [2.05, 4.69) is 32.6 Å². The Morgan fingerprint density at radius 3 is 2.55 bits per heavy atom. The minimum atomic E-state index is 0.559. The number of nitrogens with two attached hydrogens (primary N) is 1. The zero-order chi connectivity index (χ0) is 13.9. The monoisotopic (exact) mass is 380 g/mol. The van der Waals surface area contributed by atoms with E-state index in [4.69, 9.17) is 10.7 Å². The third-order valence-corrected chi connectivity index (χ3v) is 4.91. The summed E-state index contributed by atoms with van der Waals surface area (Å²) in [5.74, 6) is 1.99. The molecule has 0 radical (unpaired) electrons. The molecule has 2 aromatic rings. The van der Waals surface area contributed by atoms with E-state index in [1.807, 2.05) is 12.1 Å². The van der Waals surface area contributed by atoms with Crippen molar-refractivity contribution in [2.45, 2.75) is 38.0 Å². The van der Waals surface area contributed by atoms with Crippen molar-refractivity contribution in [2.75, 3.05) is 5.73 Å². The van der Waals surface area contributed by atoms with Crippen LogP contribution >= 0.6 is 22.6 Å². The Labute approximate surface area is 132 Å². The molecule has 4 nitrogen and oxygen atoms in total.